The van der Waals surface area contributed by atoms with Gasteiger partial charge in [-0.15, -0.1) is 0 Å². The Morgan fingerprint density at radius 3 is 2.30 bits per heavy atom. The molecule has 13 heteroatoms. The molecule has 2 N–H and O–H groups in total. The van der Waals surface area contributed by atoms with E-state index in [1.165, 1.54) is 17.0 Å². The van der Waals surface area contributed by atoms with Gasteiger partial charge in [-0.25, -0.2) is 0 Å². The smallest absolute Gasteiger partial charge is 0.368 e. The number of alkyl halides is 6. The van der Waals surface area contributed by atoms with Crippen LogP contribution in [0.4, 0.5) is 37.7 Å². The van der Waals surface area contributed by atoms with Crippen molar-refractivity contribution in [2.24, 2.45) is 0 Å². The van der Waals surface area contributed by atoms with E-state index < -0.39 is 46.2 Å². The first-order valence-corrected chi connectivity index (χ1v) is 9.61. The first-order chi connectivity index (χ1) is 15.3. The zero-order valence-corrected chi connectivity index (χ0v) is 16.6. The normalized spacial score (nSPS) is 20.4. The molecule has 2 unspecified atom stereocenters. The van der Waals surface area contributed by atoms with Crippen molar-refractivity contribution >= 4 is 17.2 Å². The summed E-state index contributed by atoms with van der Waals surface area (Å²) < 4.78 is 84.4. The lowest BCUT2D eigenvalue weighted by atomic mass is 10.0. The summed E-state index contributed by atoms with van der Waals surface area (Å²) in [7, 11) is 0. The number of amidine groups is 1. The predicted molar refractivity (Wildman–Crippen MR) is 104 cm³/mol. The first kappa shape index (κ1) is 22.8. The summed E-state index contributed by atoms with van der Waals surface area (Å²) in [4.78, 5) is 12.0. The molecule has 2 aromatic rings. The molecule has 33 heavy (non-hydrogen) atoms. The second-order valence-electron chi connectivity index (χ2n) is 7.68. The van der Waals surface area contributed by atoms with Gasteiger partial charge >= 0.3 is 12.4 Å². The average molecular weight is 474 g/mol. The van der Waals surface area contributed by atoms with Gasteiger partial charge in [0.2, 0.25) is 0 Å². The van der Waals surface area contributed by atoms with Crippen molar-refractivity contribution in [2.75, 3.05) is 18.6 Å². The number of fused-ring (bicyclic) bond motifs is 3. The van der Waals surface area contributed by atoms with Crippen LogP contribution < -0.4 is 5.32 Å². The largest absolute Gasteiger partial charge is 0.416 e. The third-order valence-electron chi connectivity index (χ3n) is 5.59. The second-order valence-corrected chi connectivity index (χ2v) is 7.68. The number of nitro benzene ring substituents is 1. The molecule has 4 rings (SSSR count). The van der Waals surface area contributed by atoms with Crippen LogP contribution in [0.3, 0.4) is 0 Å². The van der Waals surface area contributed by atoms with Crippen LogP contribution in [0.2, 0.25) is 0 Å². The molecule has 1 heterocycles. The molecule has 0 saturated carbocycles. The minimum absolute atomic E-state index is 0.0321. The molecule has 0 spiro atoms. The van der Waals surface area contributed by atoms with Crippen molar-refractivity contribution in [1.29, 1.82) is 5.41 Å². The van der Waals surface area contributed by atoms with Gasteiger partial charge < -0.3 is 15.0 Å². The number of nitro groups is 1. The number of anilines is 1. The Bertz CT molecular complexity index is 1090. The quantitative estimate of drug-likeness (QED) is 0.371. The monoisotopic (exact) mass is 474 g/mol. The van der Waals surface area contributed by atoms with Crippen molar-refractivity contribution in [3.05, 3.63) is 68.8 Å². The Labute approximate surface area is 182 Å². The fourth-order valence-electron chi connectivity index (χ4n) is 4.07. The molecule has 0 aromatic heterocycles. The van der Waals surface area contributed by atoms with E-state index in [9.17, 15) is 36.5 Å². The minimum Gasteiger partial charge on any atom is -0.368 e. The Balaban J connectivity index is 1.64. The molecule has 1 aliphatic heterocycles. The standard InChI is InChI=1S/C20H16F6N4O3/c21-19(22,23)11-4-12(20(24,25)26)6-13(5-11)28-9-29-17(27)8-33-16-3-10-1-2-14(30(31)32)7-15(10)18(16)29/h1-2,4-7,16,18,27-28H,3,8-9H2. The van der Waals surface area contributed by atoms with Crippen molar-refractivity contribution < 1.29 is 36.0 Å². The van der Waals surface area contributed by atoms with Gasteiger partial charge in [-0.2, -0.15) is 26.3 Å². The van der Waals surface area contributed by atoms with Crippen LogP contribution in [0.25, 0.3) is 0 Å². The Kier molecular flexibility index (Phi) is 5.47. The molecule has 2 aliphatic rings. The second kappa shape index (κ2) is 7.90. The Hall–Kier alpha value is -3.35. The van der Waals surface area contributed by atoms with E-state index in [4.69, 9.17) is 10.1 Å². The predicted octanol–water partition coefficient (Wildman–Crippen LogP) is 4.98. The number of hydrogen-bond donors (Lipinski definition) is 2. The van der Waals surface area contributed by atoms with E-state index >= 15 is 0 Å². The van der Waals surface area contributed by atoms with Gasteiger partial charge in [0.1, 0.15) is 12.4 Å². The maximum atomic E-state index is 13.1. The van der Waals surface area contributed by atoms with Crippen LogP contribution in [0.15, 0.2) is 36.4 Å². The van der Waals surface area contributed by atoms with Crippen molar-refractivity contribution in [3.8, 4) is 0 Å². The summed E-state index contributed by atoms with van der Waals surface area (Å²) in [5, 5.41) is 21.9. The molecular formula is C20H16F6N4O3. The van der Waals surface area contributed by atoms with Gasteiger partial charge in [0.05, 0.1) is 34.9 Å². The molecule has 176 valence electrons. The highest BCUT2D eigenvalue weighted by molar-refractivity contribution is 5.82. The summed E-state index contributed by atoms with van der Waals surface area (Å²) in [5.74, 6) is -0.0638. The molecule has 0 radical (unpaired) electrons. The number of benzene rings is 2. The Morgan fingerprint density at radius 1 is 1.09 bits per heavy atom. The molecule has 2 aromatic carbocycles. The zero-order valence-electron chi connectivity index (χ0n) is 16.6. The highest BCUT2D eigenvalue weighted by Crippen LogP contribution is 2.42. The summed E-state index contributed by atoms with van der Waals surface area (Å²) in [5.41, 5.74) is -2.24. The molecule has 1 saturated heterocycles. The summed E-state index contributed by atoms with van der Waals surface area (Å²) in [6.45, 7) is -0.417. The van der Waals surface area contributed by atoms with Crippen molar-refractivity contribution in [2.45, 2.75) is 30.9 Å². The lowest BCUT2D eigenvalue weighted by Crippen LogP contribution is -2.49. The van der Waals surface area contributed by atoms with E-state index in [0.29, 0.717) is 24.1 Å². The number of rotatable bonds is 4. The highest BCUT2D eigenvalue weighted by atomic mass is 19.4. The zero-order chi connectivity index (χ0) is 24.1. The third-order valence-corrected chi connectivity index (χ3v) is 5.59. The van der Waals surface area contributed by atoms with Crippen LogP contribution in [0.1, 0.15) is 28.3 Å². The number of non-ortho nitro benzene ring substituents is 1. The molecule has 7 nitrogen and oxygen atoms in total. The van der Waals surface area contributed by atoms with Crippen molar-refractivity contribution in [1.82, 2.24) is 4.90 Å². The maximum Gasteiger partial charge on any atom is 0.416 e. The van der Waals surface area contributed by atoms with Gasteiger partial charge in [0.15, 0.2) is 0 Å². The number of hydrogen-bond acceptors (Lipinski definition) is 5. The number of morpholine rings is 1. The van der Waals surface area contributed by atoms with E-state index in [0.717, 1.165) is 5.56 Å². The molecule has 1 fully saturated rings. The van der Waals surface area contributed by atoms with Gasteiger partial charge in [-0.05, 0) is 29.3 Å². The number of nitrogens with one attached hydrogen (secondary N) is 2. The lowest BCUT2D eigenvalue weighted by Gasteiger charge is -2.40. The molecule has 2 atom stereocenters. The molecular weight excluding hydrogens is 458 g/mol. The van der Waals surface area contributed by atoms with Gasteiger partial charge in [-0.3, -0.25) is 15.5 Å². The van der Waals surface area contributed by atoms with Gasteiger partial charge in [-0.1, -0.05) is 6.07 Å². The van der Waals surface area contributed by atoms with Gasteiger partial charge in [0.25, 0.3) is 5.69 Å². The van der Waals surface area contributed by atoms with Crippen LogP contribution in [0.5, 0.6) is 0 Å². The molecule has 0 amide bonds. The van der Waals surface area contributed by atoms with Crippen LogP contribution in [0, 0.1) is 15.5 Å². The number of nitrogens with zero attached hydrogens (tertiary/aromatic N) is 2. The average Bonchev–Trinajstić information content (AvgIpc) is 3.09. The number of ether oxygens (including phenoxy) is 1. The summed E-state index contributed by atoms with van der Waals surface area (Å²) in [6, 6.07) is 4.76. The van der Waals surface area contributed by atoms with E-state index in [-0.39, 0.29) is 30.9 Å². The first-order valence-electron chi connectivity index (χ1n) is 9.61. The maximum absolute atomic E-state index is 13.1. The third kappa shape index (κ3) is 4.45. The SMILES string of the molecule is N=C1COC2Cc3ccc([N+](=O)[O-])cc3C2N1CNc1cc(C(F)(F)F)cc(C(F)(F)F)c1. The summed E-state index contributed by atoms with van der Waals surface area (Å²) in [6.07, 6.45) is -10.0. The van der Waals surface area contributed by atoms with Crippen molar-refractivity contribution in [3.63, 3.8) is 0 Å². The Morgan fingerprint density at radius 2 is 1.73 bits per heavy atom. The van der Waals surface area contributed by atoms with E-state index in [1.807, 2.05) is 0 Å². The fourth-order valence-corrected chi connectivity index (χ4v) is 4.07. The van der Waals surface area contributed by atoms with Crippen LogP contribution >= 0.6 is 0 Å². The topological polar surface area (TPSA) is 91.5 Å². The summed E-state index contributed by atoms with van der Waals surface area (Å²) >= 11 is 0. The van der Waals surface area contributed by atoms with Crippen LogP contribution in [-0.4, -0.2) is 35.0 Å². The van der Waals surface area contributed by atoms with E-state index in [1.54, 1.807) is 6.07 Å². The lowest BCUT2D eigenvalue weighted by molar-refractivity contribution is -0.385. The number of halogens is 6. The molecule has 0 bridgehead atoms. The fraction of sp³-hybridized carbons (Fsp3) is 0.350. The van der Waals surface area contributed by atoms with Gasteiger partial charge in [0, 0.05) is 24.2 Å². The molecule has 1 aliphatic carbocycles. The highest BCUT2D eigenvalue weighted by Gasteiger charge is 2.43. The van der Waals surface area contributed by atoms with Crippen LogP contribution in [-0.2, 0) is 23.5 Å². The van der Waals surface area contributed by atoms with E-state index in [2.05, 4.69) is 5.32 Å². The minimum atomic E-state index is -4.99.